The van der Waals surface area contributed by atoms with Gasteiger partial charge in [-0.05, 0) is 44.2 Å². The lowest BCUT2D eigenvalue weighted by Crippen LogP contribution is -2.39. The van der Waals surface area contributed by atoms with Gasteiger partial charge in [0.05, 0.1) is 19.4 Å². The molecule has 0 spiro atoms. The van der Waals surface area contributed by atoms with Crippen molar-refractivity contribution in [3.63, 3.8) is 0 Å². The molecule has 2 rings (SSSR count). The van der Waals surface area contributed by atoms with E-state index in [0.29, 0.717) is 5.11 Å². The lowest BCUT2D eigenvalue weighted by Gasteiger charge is -2.26. The Kier molecular flexibility index (Phi) is 7.08. The van der Waals surface area contributed by atoms with E-state index in [1.165, 1.54) is 4.88 Å². The number of hydrogen-bond acceptors (Lipinski definition) is 5. The molecule has 0 atom stereocenters. The Morgan fingerprint density at radius 1 is 1.48 bits per heavy atom. The summed E-state index contributed by atoms with van der Waals surface area (Å²) >= 11 is 6.89. The number of aryl methyl sites for hydroxylation is 1. The van der Waals surface area contributed by atoms with Crippen molar-refractivity contribution < 1.29 is 4.74 Å². The molecule has 0 bridgehead atoms. The van der Waals surface area contributed by atoms with Crippen LogP contribution in [0.5, 0.6) is 0 Å². The molecular formula is C14H22N4OS2. The molecule has 1 fully saturated rings. The number of thiocarbonyl (C=S) groups is 1. The van der Waals surface area contributed by atoms with Crippen molar-refractivity contribution in [2.45, 2.75) is 13.3 Å². The number of nitrogens with zero attached hydrogens (tertiary/aromatic N) is 2. The third-order valence-corrected chi connectivity index (χ3v) is 4.33. The molecule has 0 aliphatic carbocycles. The van der Waals surface area contributed by atoms with Gasteiger partial charge in [0, 0.05) is 29.4 Å². The maximum Gasteiger partial charge on any atom is 0.186 e. The van der Waals surface area contributed by atoms with E-state index < -0.39 is 0 Å². The van der Waals surface area contributed by atoms with Crippen LogP contribution in [0.25, 0.3) is 0 Å². The van der Waals surface area contributed by atoms with Gasteiger partial charge >= 0.3 is 0 Å². The standard InChI is InChI=1S/C14H22N4OS2/c1-12-3-4-13(21-12)11-16-17-14(20)15-5-2-6-18-7-9-19-10-8-18/h3-4,11H,2,5-10H2,1H3,(H2,15,17,20)/b16-11+. The third kappa shape index (κ3) is 6.52. The molecule has 1 aromatic heterocycles. The van der Waals surface area contributed by atoms with E-state index in [1.54, 1.807) is 17.6 Å². The number of hydrazone groups is 1. The second kappa shape index (κ2) is 9.09. The molecule has 1 aromatic rings. The molecule has 0 unspecified atom stereocenters. The van der Waals surface area contributed by atoms with Crippen LogP contribution < -0.4 is 10.7 Å². The summed E-state index contributed by atoms with van der Waals surface area (Å²) in [5, 5.41) is 7.86. The van der Waals surface area contributed by atoms with Crippen LogP contribution in [0.2, 0.25) is 0 Å². The van der Waals surface area contributed by atoms with E-state index in [4.69, 9.17) is 17.0 Å². The van der Waals surface area contributed by atoms with Crippen LogP contribution in [-0.2, 0) is 4.74 Å². The molecule has 0 radical (unpaired) electrons. The highest BCUT2D eigenvalue weighted by Crippen LogP contribution is 2.12. The van der Waals surface area contributed by atoms with Crippen molar-refractivity contribution >= 4 is 34.9 Å². The van der Waals surface area contributed by atoms with Crippen LogP contribution in [0, 0.1) is 6.92 Å². The highest BCUT2D eigenvalue weighted by atomic mass is 32.1. The van der Waals surface area contributed by atoms with Crippen LogP contribution in [0.3, 0.4) is 0 Å². The number of hydrogen-bond donors (Lipinski definition) is 2. The Hall–Kier alpha value is -1.02. The summed E-state index contributed by atoms with van der Waals surface area (Å²) in [5.41, 5.74) is 2.84. The molecule has 5 nitrogen and oxygen atoms in total. The Morgan fingerprint density at radius 2 is 2.29 bits per heavy atom. The Morgan fingerprint density at radius 3 is 3.00 bits per heavy atom. The predicted molar refractivity (Wildman–Crippen MR) is 92.3 cm³/mol. The molecule has 1 aliphatic heterocycles. The van der Waals surface area contributed by atoms with Crippen molar-refractivity contribution in [3.05, 3.63) is 21.9 Å². The van der Waals surface area contributed by atoms with E-state index in [2.05, 4.69) is 33.7 Å². The van der Waals surface area contributed by atoms with E-state index in [0.717, 1.165) is 50.7 Å². The molecule has 116 valence electrons. The van der Waals surface area contributed by atoms with Gasteiger partial charge in [0.1, 0.15) is 0 Å². The van der Waals surface area contributed by atoms with Crippen LogP contribution in [-0.4, -0.2) is 55.6 Å². The molecule has 0 saturated carbocycles. The van der Waals surface area contributed by atoms with Crippen LogP contribution >= 0.6 is 23.6 Å². The topological polar surface area (TPSA) is 48.9 Å². The smallest absolute Gasteiger partial charge is 0.186 e. The molecular weight excluding hydrogens is 304 g/mol. The average molecular weight is 326 g/mol. The van der Waals surface area contributed by atoms with Gasteiger partial charge in [-0.3, -0.25) is 10.3 Å². The lowest BCUT2D eigenvalue weighted by molar-refractivity contribution is 0.0376. The van der Waals surface area contributed by atoms with E-state index in [9.17, 15) is 0 Å². The first-order valence-corrected chi connectivity index (χ1v) is 8.40. The van der Waals surface area contributed by atoms with Crippen molar-refractivity contribution in [2.24, 2.45) is 5.10 Å². The van der Waals surface area contributed by atoms with Crippen LogP contribution in [0.15, 0.2) is 17.2 Å². The SMILES string of the molecule is Cc1ccc(/C=N/NC(=S)NCCCN2CCOCC2)s1. The highest BCUT2D eigenvalue weighted by Gasteiger charge is 2.08. The zero-order valence-electron chi connectivity index (χ0n) is 12.3. The molecule has 2 N–H and O–H groups in total. The molecule has 21 heavy (non-hydrogen) atoms. The van der Waals surface area contributed by atoms with Gasteiger partial charge < -0.3 is 10.1 Å². The summed E-state index contributed by atoms with van der Waals surface area (Å²) in [6.45, 7) is 7.79. The zero-order valence-corrected chi connectivity index (χ0v) is 13.9. The number of morpholine rings is 1. The Balaban J connectivity index is 1.54. The van der Waals surface area contributed by atoms with Gasteiger partial charge in [-0.15, -0.1) is 11.3 Å². The molecule has 7 heteroatoms. The maximum atomic E-state index is 5.32. The summed E-state index contributed by atoms with van der Waals surface area (Å²) < 4.78 is 5.32. The summed E-state index contributed by atoms with van der Waals surface area (Å²) in [6.07, 6.45) is 2.86. The largest absolute Gasteiger partial charge is 0.379 e. The first kappa shape index (κ1) is 16.4. The second-order valence-corrected chi connectivity index (χ2v) is 6.61. The quantitative estimate of drug-likeness (QED) is 0.360. The number of ether oxygens (including phenoxy) is 1. The van der Waals surface area contributed by atoms with Gasteiger partial charge in [0.15, 0.2) is 5.11 Å². The minimum atomic E-state index is 0.571. The van der Waals surface area contributed by atoms with E-state index in [1.807, 2.05) is 6.07 Å². The fourth-order valence-electron chi connectivity index (χ4n) is 2.05. The number of thiophene rings is 1. The fourth-order valence-corrected chi connectivity index (χ4v) is 2.95. The average Bonchev–Trinajstić information content (AvgIpc) is 2.90. The van der Waals surface area contributed by atoms with E-state index in [-0.39, 0.29) is 0 Å². The first-order chi connectivity index (χ1) is 10.2. The molecule has 0 aromatic carbocycles. The van der Waals surface area contributed by atoms with Gasteiger partial charge in [-0.25, -0.2) is 0 Å². The van der Waals surface area contributed by atoms with Crippen molar-refractivity contribution in [3.8, 4) is 0 Å². The number of rotatable bonds is 6. The lowest BCUT2D eigenvalue weighted by atomic mass is 10.3. The summed E-state index contributed by atoms with van der Waals surface area (Å²) in [4.78, 5) is 4.81. The summed E-state index contributed by atoms with van der Waals surface area (Å²) in [5.74, 6) is 0. The minimum absolute atomic E-state index is 0.571. The monoisotopic (exact) mass is 326 g/mol. The normalized spacial score (nSPS) is 16.2. The zero-order chi connectivity index (χ0) is 14.9. The van der Waals surface area contributed by atoms with Gasteiger partial charge in [-0.1, -0.05) is 0 Å². The van der Waals surface area contributed by atoms with Gasteiger partial charge in [0.25, 0.3) is 0 Å². The van der Waals surface area contributed by atoms with Crippen molar-refractivity contribution in [1.29, 1.82) is 0 Å². The summed E-state index contributed by atoms with van der Waals surface area (Å²) in [6, 6.07) is 4.12. The fraction of sp³-hybridized carbons (Fsp3) is 0.571. The minimum Gasteiger partial charge on any atom is -0.379 e. The van der Waals surface area contributed by atoms with Gasteiger partial charge in [0.2, 0.25) is 0 Å². The van der Waals surface area contributed by atoms with Crippen molar-refractivity contribution in [1.82, 2.24) is 15.6 Å². The third-order valence-electron chi connectivity index (χ3n) is 3.16. The molecule has 1 saturated heterocycles. The summed E-state index contributed by atoms with van der Waals surface area (Å²) in [7, 11) is 0. The first-order valence-electron chi connectivity index (χ1n) is 7.17. The van der Waals surface area contributed by atoms with Crippen molar-refractivity contribution in [2.75, 3.05) is 39.4 Å². The van der Waals surface area contributed by atoms with Crippen LogP contribution in [0.1, 0.15) is 16.2 Å². The van der Waals surface area contributed by atoms with Gasteiger partial charge in [-0.2, -0.15) is 5.10 Å². The van der Waals surface area contributed by atoms with Crippen LogP contribution in [0.4, 0.5) is 0 Å². The second-order valence-electron chi connectivity index (χ2n) is 4.88. The Bertz CT molecular complexity index is 469. The number of nitrogens with one attached hydrogen (secondary N) is 2. The predicted octanol–water partition coefficient (Wildman–Crippen LogP) is 1.58. The Labute approximate surface area is 135 Å². The molecule has 1 aliphatic rings. The molecule has 2 heterocycles. The highest BCUT2D eigenvalue weighted by molar-refractivity contribution is 7.80. The molecule has 0 amide bonds. The maximum absolute atomic E-state index is 5.32. The van der Waals surface area contributed by atoms with E-state index >= 15 is 0 Å².